The molecule has 1 saturated heterocycles. The van der Waals surface area contributed by atoms with Crippen molar-refractivity contribution in [1.29, 1.82) is 0 Å². The van der Waals surface area contributed by atoms with Gasteiger partial charge in [0.15, 0.2) is 0 Å². The van der Waals surface area contributed by atoms with Crippen LogP contribution in [0.3, 0.4) is 0 Å². The van der Waals surface area contributed by atoms with Crippen LogP contribution in [0.5, 0.6) is 0 Å². The zero-order chi connectivity index (χ0) is 18.8. The van der Waals surface area contributed by atoms with Crippen molar-refractivity contribution in [2.75, 3.05) is 31.1 Å². The van der Waals surface area contributed by atoms with E-state index < -0.39 is 0 Å². The molecular weight excluding hydrogens is 462 g/mol. The Bertz CT molecular complexity index is 721. The summed E-state index contributed by atoms with van der Waals surface area (Å²) in [6.45, 7) is 5.26. The number of hydrogen-bond acceptors (Lipinski definition) is 6. The average Bonchev–Trinajstić information content (AvgIpc) is 2.74. The van der Waals surface area contributed by atoms with E-state index in [1.54, 1.807) is 6.20 Å². The second-order valence-electron chi connectivity index (χ2n) is 5.44. The van der Waals surface area contributed by atoms with E-state index in [-0.39, 0.29) is 0 Å². The normalized spacial score (nSPS) is 15.4. The minimum atomic E-state index is 0.519. The van der Waals surface area contributed by atoms with Crippen molar-refractivity contribution in [2.24, 2.45) is 10.2 Å². The van der Waals surface area contributed by atoms with E-state index in [2.05, 4.69) is 57.7 Å². The predicted octanol–water partition coefficient (Wildman–Crippen LogP) is 2.61. The van der Waals surface area contributed by atoms with Crippen LogP contribution >= 0.6 is 9.53 Å². The summed E-state index contributed by atoms with van der Waals surface area (Å²) in [6, 6.07) is 11.7. The van der Waals surface area contributed by atoms with Gasteiger partial charge in [0.25, 0.3) is 0 Å². The summed E-state index contributed by atoms with van der Waals surface area (Å²) in [5.74, 6) is 1.00. The molecule has 1 aliphatic heterocycles. The first-order valence-electron chi connectivity index (χ1n) is 7.97. The molecule has 2 aromatic heterocycles. The van der Waals surface area contributed by atoms with Gasteiger partial charge in [0.2, 0.25) is 0 Å². The summed E-state index contributed by atoms with van der Waals surface area (Å²) in [4.78, 5) is 13.0. The van der Waals surface area contributed by atoms with Crippen molar-refractivity contribution >= 4 is 38.9 Å². The summed E-state index contributed by atoms with van der Waals surface area (Å²) in [7, 11) is 4.49. The summed E-state index contributed by atoms with van der Waals surface area (Å²) < 4.78 is 0. The SMILES string of the molecule is C/C(=N\N=C(/[S-])N1CCN(c2ccccn2)CC1)c1ccccn1.[Cl][Pd+]. The van der Waals surface area contributed by atoms with Gasteiger partial charge in [-0.3, -0.25) is 4.98 Å². The third-order valence-corrected chi connectivity index (χ3v) is 4.18. The van der Waals surface area contributed by atoms with E-state index in [1.807, 2.05) is 49.5 Å². The maximum absolute atomic E-state index is 5.40. The van der Waals surface area contributed by atoms with Crippen LogP contribution in [0, 0.1) is 0 Å². The molecule has 0 N–H and O–H groups in total. The molecule has 6 nitrogen and oxygen atoms in total. The molecule has 0 spiro atoms. The van der Waals surface area contributed by atoms with Crippen LogP contribution in [0.25, 0.3) is 0 Å². The number of piperazine rings is 1. The van der Waals surface area contributed by atoms with Crippen molar-refractivity contribution < 1.29 is 18.2 Å². The number of amidine groups is 1. The Kier molecular flexibility index (Phi) is 8.92. The molecule has 0 unspecified atom stereocenters. The van der Waals surface area contributed by atoms with Crippen LogP contribution < -0.4 is 4.90 Å². The summed E-state index contributed by atoms with van der Waals surface area (Å²) in [5, 5.41) is 8.93. The standard InChI is InChI=1S/C17H20N6S.ClH.Pd/c1-14(15-6-2-4-8-18-15)20-21-17(24)23-12-10-22(11-13-23)16-7-3-5-9-19-16;;/h2-9H,10-13H2,1H3,(H,21,24);1H;/q;;+2/p-2/b20-14+;;. The molecule has 0 atom stereocenters. The summed E-state index contributed by atoms with van der Waals surface area (Å²) in [6.07, 6.45) is 3.56. The van der Waals surface area contributed by atoms with Crippen molar-refractivity contribution in [2.45, 2.75) is 6.92 Å². The molecule has 0 radical (unpaired) electrons. The monoisotopic (exact) mass is 480 g/mol. The fraction of sp³-hybridized carbons (Fsp3) is 0.294. The fourth-order valence-electron chi connectivity index (χ4n) is 2.48. The van der Waals surface area contributed by atoms with E-state index >= 15 is 0 Å². The number of pyridine rings is 2. The molecule has 0 aliphatic carbocycles. The average molecular weight is 481 g/mol. The molecule has 3 rings (SSSR count). The zero-order valence-electron chi connectivity index (χ0n) is 14.2. The van der Waals surface area contributed by atoms with Gasteiger partial charge >= 0.3 is 27.7 Å². The van der Waals surface area contributed by atoms with E-state index in [0.717, 1.165) is 43.4 Å². The van der Waals surface area contributed by atoms with Crippen LogP contribution in [-0.4, -0.2) is 51.9 Å². The summed E-state index contributed by atoms with van der Waals surface area (Å²) >= 11 is 7.62. The van der Waals surface area contributed by atoms with Crippen molar-refractivity contribution in [3.05, 3.63) is 54.5 Å². The molecule has 140 valence electrons. The molecule has 9 heteroatoms. The second-order valence-corrected chi connectivity index (χ2v) is 5.81. The Balaban J connectivity index is 0.00000117. The van der Waals surface area contributed by atoms with Crippen LogP contribution in [0.4, 0.5) is 5.82 Å². The molecule has 0 saturated carbocycles. The second kappa shape index (κ2) is 11.2. The molecular formula is C17H19ClN6PdS. The number of nitrogens with zero attached hydrogens (tertiary/aromatic N) is 6. The number of aromatic nitrogens is 2. The minimum absolute atomic E-state index is 0.519. The van der Waals surface area contributed by atoms with Gasteiger partial charge in [-0.25, -0.2) is 4.98 Å². The molecule has 26 heavy (non-hydrogen) atoms. The van der Waals surface area contributed by atoms with Gasteiger partial charge in [0.1, 0.15) is 5.82 Å². The van der Waals surface area contributed by atoms with E-state index in [9.17, 15) is 0 Å². The van der Waals surface area contributed by atoms with Crippen LogP contribution in [0.1, 0.15) is 12.6 Å². The number of rotatable bonds is 3. The van der Waals surface area contributed by atoms with Gasteiger partial charge in [0, 0.05) is 43.7 Å². The van der Waals surface area contributed by atoms with E-state index in [0.29, 0.717) is 5.17 Å². The molecule has 0 aromatic carbocycles. The number of hydrogen-bond donors (Lipinski definition) is 0. The Morgan fingerprint density at radius 2 is 1.65 bits per heavy atom. The summed E-state index contributed by atoms with van der Waals surface area (Å²) in [5.41, 5.74) is 1.56. The van der Waals surface area contributed by atoms with Crippen molar-refractivity contribution in [3.63, 3.8) is 0 Å². The van der Waals surface area contributed by atoms with Gasteiger partial charge in [0.05, 0.1) is 11.4 Å². The van der Waals surface area contributed by atoms with E-state index in [1.165, 1.54) is 0 Å². The molecule has 2 aromatic rings. The first kappa shape index (κ1) is 20.7. The van der Waals surface area contributed by atoms with Crippen LogP contribution in [-0.2, 0) is 30.8 Å². The van der Waals surface area contributed by atoms with Crippen molar-refractivity contribution in [1.82, 2.24) is 14.9 Å². The van der Waals surface area contributed by atoms with Gasteiger partial charge in [-0.15, -0.1) is 0 Å². The van der Waals surface area contributed by atoms with E-state index in [4.69, 9.17) is 12.6 Å². The topological polar surface area (TPSA) is 57.0 Å². The van der Waals surface area contributed by atoms with Gasteiger partial charge in [-0.05, 0) is 31.2 Å². The predicted molar refractivity (Wildman–Crippen MR) is 105 cm³/mol. The molecule has 3 heterocycles. The Labute approximate surface area is 174 Å². The third-order valence-electron chi connectivity index (χ3n) is 3.84. The first-order chi connectivity index (χ1) is 12.7. The van der Waals surface area contributed by atoms with Gasteiger partial charge < -0.3 is 22.4 Å². The molecule has 0 bridgehead atoms. The van der Waals surface area contributed by atoms with Gasteiger partial charge in [-0.1, -0.05) is 12.1 Å². The van der Waals surface area contributed by atoms with Crippen LogP contribution in [0.2, 0.25) is 0 Å². The first-order valence-corrected chi connectivity index (χ1v) is 10.4. The Morgan fingerprint density at radius 3 is 2.23 bits per heavy atom. The zero-order valence-corrected chi connectivity index (χ0v) is 17.4. The third kappa shape index (κ3) is 5.99. The Morgan fingerprint density at radius 1 is 1.00 bits per heavy atom. The van der Waals surface area contributed by atoms with Crippen molar-refractivity contribution in [3.8, 4) is 0 Å². The number of halogens is 1. The van der Waals surface area contributed by atoms with Gasteiger partial charge in [-0.2, -0.15) is 10.2 Å². The molecule has 1 aliphatic rings. The van der Waals surface area contributed by atoms with Crippen LogP contribution in [0.15, 0.2) is 59.0 Å². The fourth-order valence-corrected chi connectivity index (χ4v) is 2.70. The molecule has 1 fully saturated rings. The maximum atomic E-state index is 5.40. The quantitative estimate of drug-likeness (QED) is 0.222. The Hall–Kier alpha value is -1.59. The molecule has 0 amide bonds. The number of anilines is 1.